The fourth-order valence-electron chi connectivity index (χ4n) is 5.02. The lowest BCUT2D eigenvalue weighted by molar-refractivity contribution is -0.161. The van der Waals surface area contributed by atoms with Crippen molar-refractivity contribution in [2.75, 3.05) is 19.8 Å². The monoisotopic (exact) mass is 743 g/mol. The number of nitrogens with two attached hydrogens (primary N) is 1. The molecule has 0 aliphatic carbocycles. The Labute approximate surface area is 308 Å². The van der Waals surface area contributed by atoms with E-state index in [2.05, 4.69) is 48.8 Å². The molecule has 1 unspecified atom stereocenters. The van der Waals surface area contributed by atoms with E-state index in [1.807, 2.05) is 6.08 Å². The molecule has 0 aromatic rings. The average molecular weight is 744 g/mol. The molecule has 12 heteroatoms. The highest BCUT2D eigenvalue weighted by molar-refractivity contribution is 7.47. The van der Waals surface area contributed by atoms with Crippen LogP contribution in [0.5, 0.6) is 0 Å². The summed E-state index contributed by atoms with van der Waals surface area (Å²) >= 11 is 0. The summed E-state index contributed by atoms with van der Waals surface area (Å²) in [4.78, 5) is 45.7. The lowest BCUT2D eigenvalue weighted by atomic mass is 10.1. The SMILES string of the molecule is CCCCCCCC/C=C/C/C=C/C/C=C/CCCC(=O)OC[C@@H](COP(=O)(O)OC[C@@H](N)C(=O)O)OC(=O)CCCCCCCCCCCC. The van der Waals surface area contributed by atoms with Crippen LogP contribution in [0.1, 0.15) is 162 Å². The molecule has 0 aliphatic rings. The summed E-state index contributed by atoms with van der Waals surface area (Å²) in [7, 11) is -4.72. The van der Waals surface area contributed by atoms with Crippen molar-refractivity contribution < 1.29 is 47.5 Å². The van der Waals surface area contributed by atoms with Crippen molar-refractivity contribution in [3.8, 4) is 0 Å². The Bertz CT molecular complexity index is 1020. The first kappa shape index (κ1) is 48.7. The van der Waals surface area contributed by atoms with E-state index in [0.717, 1.165) is 38.5 Å². The van der Waals surface area contributed by atoms with Crippen molar-refractivity contribution in [2.45, 2.75) is 174 Å². The molecular weight excluding hydrogens is 673 g/mol. The fraction of sp³-hybridized carbons (Fsp3) is 0.769. The van der Waals surface area contributed by atoms with E-state index in [1.165, 1.54) is 77.0 Å². The maximum atomic E-state index is 12.5. The molecule has 4 N–H and O–H groups in total. The molecule has 0 rings (SSSR count). The molecule has 3 atom stereocenters. The number of phosphoric acid groups is 1. The van der Waals surface area contributed by atoms with Crippen molar-refractivity contribution in [1.29, 1.82) is 0 Å². The van der Waals surface area contributed by atoms with Gasteiger partial charge in [-0.15, -0.1) is 0 Å². The van der Waals surface area contributed by atoms with Crippen molar-refractivity contribution in [1.82, 2.24) is 0 Å². The Morgan fingerprint density at radius 2 is 1.06 bits per heavy atom. The molecular formula is C39H70NO10P. The molecule has 0 fully saturated rings. The second kappa shape index (κ2) is 34.8. The van der Waals surface area contributed by atoms with Crippen LogP contribution in [0.15, 0.2) is 36.5 Å². The van der Waals surface area contributed by atoms with Crippen LogP contribution < -0.4 is 5.73 Å². The first-order chi connectivity index (χ1) is 24.6. The van der Waals surface area contributed by atoms with E-state index in [0.29, 0.717) is 19.3 Å². The highest BCUT2D eigenvalue weighted by Crippen LogP contribution is 2.43. The lowest BCUT2D eigenvalue weighted by Gasteiger charge is -2.20. The summed E-state index contributed by atoms with van der Waals surface area (Å²) in [5.41, 5.74) is 5.31. The number of carbonyl (C=O) groups excluding carboxylic acids is 2. The number of phosphoric ester groups is 1. The van der Waals surface area contributed by atoms with Gasteiger partial charge in [0.15, 0.2) is 6.10 Å². The smallest absolute Gasteiger partial charge is 0.472 e. The van der Waals surface area contributed by atoms with Crippen molar-refractivity contribution >= 4 is 25.7 Å². The predicted molar refractivity (Wildman–Crippen MR) is 203 cm³/mol. The van der Waals surface area contributed by atoms with Gasteiger partial charge in [-0.1, -0.05) is 140 Å². The van der Waals surface area contributed by atoms with Crippen LogP contribution in [-0.4, -0.2) is 59.9 Å². The van der Waals surface area contributed by atoms with Crippen LogP contribution in [-0.2, 0) is 37.5 Å². The van der Waals surface area contributed by atoms with Crippen molar-refractivity contribution in [3.63, 3.8) is 0 Å². The summed E-state index contributed by atoms with van der Waals surface area (Å²) in [5.74, 6) is -2.45. The van der Waals surface area contributed by atoms with Gasteiger partial charge in [-0.25, -0.2) is 4.57 Å². The first-order valence-corrected chi connectivity index (χ1v) is 21.0. The molecule has 0 bridgehead atoms. The van der Waals surface area contributed by atoms with E-state index < -0.39 is 51.1 Å². The second-order valence-electron chi connectivity index (χ2n) is 13.1. The highest BCUT2D eigenvalue weighted by atomic mass is 31.2. The summed E-state index contributed by atoms with van der Waals surface area (Å²) in [6.45, 7) is 2.71. The van der Waals surface area contributed by atoms with E-state index in [1.54, 1.807) is 0 Å². The quantitative estimate of drug-likeness (QED) is 0.0241. The molecule has 0 radical (unpaired) electrons. The summed E-state index contributed by atoms with van der Waals surface area (Å²) in [6.07, 6.45) is 35.2. The van der Waals surface area contributed by atoms with Crippen LogP contribution in [0.25, 0.3) is 0 Å². The van der Waals surface area contributed by atoms with Crippen LogP contribution >= 0.6 is 7.82 Å². The third kappa shape index (κ3) is 34.5. The number of allylic oxidation sites excluding steroid dienone is 6. The summed E-state index contributed by atoms with van der Waals surface area (Å²) in [6, 6.07) is -1.53. The molecule has 0 heterocycles. The largest absolute Gasteiger partial charge is 0.480 e. The number of ether oxygens (including phenoxy) is 2. The number of rotatable bonds is 36. The van der Waals surface area contributed by atoms with E-state index in [9.17, 15) is 23.8 Å². The molecule has 0 amide bonds. The number of unbranched alkanes of at least 4 members (excludes halogenated alkanes) is 16. The zero-order valence-corrected chi connectivity index (χ0v) is 32.6. The minimum Gasteiger partial charge on any atom is -0.480 e. The maximum Gasteiger partial charge on any atom is 0.472 e. The van der Waals surface area contributed by atoms with Gasteiger partial charge < -0.3 is 25.2 Å². The zero-order chi connectivity index (χ0) is 37.8. The molecule has 0 saturated carbocycles. The Kier molecular flexibility index (Phi) is 33.2. The third-order valence-corrected chi connectivity index (χ3v) is 9.09. The number of carboxylic acids is 1. The predicted octanol–water partition coefficient (Wildman–Crippen LogP) is 9.67. The zero-order valence-electron chi connectivity index (χ0n) is 31.7. The Balaban J connectivity index is 4.48. The van der Waals surface area contributed by atoms with Gasteiger partial charge in [0.25, 0.3) is 0 Å². The lowest BCUT2D eigenvalue weighted by Crippen LogP contribution is -2.34. The second-order valence-corrected chi connectivity index (χ2v) is 14.5. The Morgan fingerprint density at radius 1 is 0.608 bits per heavy atom. The standard InChI is InChI=1S/C39H70NO10P/c1-3-5-7-9-11-13-15-16-17-18-19-20-21-23-24-26-28-30-37(41)47-32-35(33-48-51(45,46)49-34-36(40)39(43)44)50-38(42)31-29-27-25-22-14-12-10-8-6-4-2/h16-17,19-20,23-24,35-36H,3-15,18,21-22,25-34,40H2,1-2H3,(H,43,44)(H,45,46)/b17-16+,20-19+,24-23+/t35-,36+/m0/s1. The van der Waals surface area contributed by atoms with Crippen LogP contribution in [0, 0.1) is 0 Å². The molecule has 0 aliphatic heterocycles. The number of aliphatic carboxylic acids is 1. The number of hydrogen-bond donors (Lipinski definition) is 3. The highest BCUT2D eigenvalue weighted by Gasteiger charge is 2.28. The van der Waals surface area contributed by atoms with Gasteiger partial charge in [-0.2, -0.15) is 0 Å². The van der Waals surface area contributed by atoms with Crippen molar-refractivity contribution in [2.24, 2.45) is 5.73 Å². The van der Waals surface area contributed by atoms with Gasteiger partial charge in [-0.3, -0.25) is 23.4 Å². The van der Waals surface area contributed by atoms with E-state index in [4.69, 9.17) is 24.8 Å². The maximum absolute atomic E-state index is 12.5. The minimum absolute atomic E-state index is 0.151. The molecule has 51 heavy (non-hydrogen) atoms. The Morgan fingerprint density at radius 3 is 1.61 bits per heavy atom. The molecule has 0 spiro atoms. The van der Waals surface area contributed by atoms with Crippen LogP contribution in [0.4, 0.5) is 0 Å². The first-order valence-electron chi connectivity index (χ1n) is 19.5. The van der Waals surface area contributed by atoms with Gasteiger partial charge in [0, 0.05) is 12.8 Å². The van der Waals surface area contributed by atoms with Gasteiger partial charge in [0.1, 0.15) is 12.6 Å². The Hall–Kier alpha value is -2.30. The number of hydrogen-bond acceptors (Lipinski definition) is 9. The molecule has 0 saturated heterocycles. The topological polar surface area (TPSA) is 172 Å². The number of carboxylic acid groups (broad SMARTS) is 1. The fourth-order valence-corrected chi connectivity index (χ4v) is 5.80. The van der Waals surface area contributed by atoms with Crippen molar-refractivity contribution in [3.05, 3.63) is 36.5 Å². The molecule has 0 aromatic heterocycles. The average Bonchev–Trinajstić information content (AvgIpc) is 3.10. The number of carbonyl (C=O) groups is 3. The summed E-state index contributed by atoms with van der Waals surface area (Å²) in [5, 5.41) is 8.85. The van der Waals surface area contributed by atoms with E-state index >= 15 is 0 Å². The van der Waals surface area contributed by atoms with Gasteiger partial charge in [0.05, 0.1) is 13.2 Å². The van der Waals surface area contributed by atoms with Crippen LogP contribution in [0.2, 0.25) is 0 Å². The third-order valence-electron chi connectivity index (χ3n) is 8.14. The number of esters is 2. The summed E-state index contributed by atoms with van der Waals surface area (Å²) < 4.78 is 32.5. The normalized spacial score (nSPS) is 14.3. The molecule has 296 valence electrons. The van der Waals surface area contributed by atoms with E-state index in [-0.39, 0.29) is 19.4 Å². The minimum atomic E-state index is -4.72. The van der Waals surface area contributed by atoms with Gasteiger partial charge in [0.2, 0.25) is 0 Å². The van der Waals surface area contributed by atoms with Gasteiger partial charge >= 0.3 is 25.7 Å². The van der Waals surface area contributed by atoms with Crippen LogP contribution in [0.3, 0.4) is 0 Å². The molecule has 0 aromatic carbocycles. The molecule has 11 nitrogen and oxygen atoms in total. The van der Waals surface area contributed by atoms with Gasteiger partial charge in [-0.05, 0) is 44.9 Å².